The highest BCUT2D eigenvalue weighted by Gasteiger charge is 2.24. The lowest BCUT2D eigenvalue weighted by atomic mass is 10.0. The molecule has 4 rings (SSSR count). The Morgan fingerprint density at radius 3 is 2.59 bits per heavy atom. The van der Waals surface area contributed by atoms with Crippen LogP contribution in [0.25, 0.3) is 0 Å². The number of hydrogen-bond acceptors (Lipinski definition) is 9. The first-order valence-electron chi connectivity index (χ1n) is 9.42. The van der Waals surface area contributed by atoms with Crippen LogP contribution in [0.1, 0.15) is 18.0 Å². The quantitative estimate of drug-likeness (QED) is 0.752. The van der Waals surface area contributed by atoms with Crippen molar-refractivity contribution in [2.45, 2.75) is 12.3 Å². The molecule has 0 saturated carbocycles. The zero-order valence-electron chi connectivity index (χ0n) is 15.3. The molecule has 144 valence electrons. The minimum Gasteiger partial charge on any atom is -0.395 e. The third-order valence-electron chi connectivity index (χ3n) is 4.91. The van der Waals surface area contributed by atoms with E-state index in [0.717, 1.165) is 56.7 Å². The topological polar surface area (TPSA) is 99.5 Å². The maximum absolute atomic E-state index is 9.10. The number of anilines is 3. The van der Waals surface area contributed by atoms with Crippen molar-refractivity contribution in [2.24, 2.45) is 0 Å². The Bertz CT molecular complexity index is 732. The number of aromatic nitrogens is 4. The van der Waals surface area contributed by atoms with Gasteiger partial charge in [0.2, 0.25) is 11.9 Å². The number of nitrogens with one attached hydrogen (secondary N) is 1. The fourth-order valence-corrected chi connectivity index (χ4v) is 3.43. The van der Waals surface area contributed by atoms with Crippen LogP contribution in [-0.4, -0.2) is 77.6 Å². The first-order valence-corrected chi connectivity index (χ1v) is 9.42. The van der Waals surface area contributed by atoms with Gasteiger partial charge in [-0.3, -0.25) is 0 Å². The number of ether oxygens (including phenoxy) is 1. The van der Waals surface area contributed by atoms with E-state index in [1.54, 1.807) is 12.4 Å². The fourth-order valence-electron chi connectivity index (χ4n) is 3.43. The number of nitrogens with zero attached hydrogens (tertiary/aromatic N) is 6. The Morgan fingerprint density at radius 1 is 1.11 bits per heavy atom. The fraction of sp³-hybridized carbons (Fsp3) is 0.556. The third kappa shape index (κ3) is 4.25. The number of rotatable bonds is 6. The molecule has 0 amide bonds. The monoisotopic (exact) mass is 371 g/mol. The van der Waals surface area contributed by atoms with Gasteiger partial charge in [-0.1, -0.05) is 0 Å². The van der Waals surface area contributed by atoms with E-state index >= 15 is 0 Å². The molecule has 1 atom stereocenters. The molecule has 2 aliphatic rings. The summed E-state index contributed by atoms with van der Waals surface area (Å²) in [7, 11) is 0. The van der Waals surface area contributed by atoms with Gasteiger partial charge in [-0.05, 0) is 12.5 Å². The SMILES string of the molecule is OCCNc1nc(C2CCOC2)cc(N2CCN(c3ncccn3)CC2)n1. The molecule has 2 aromatic heterocycles. The molecule has 0 aromatic carbocycles. The normalized spacial score (nSPS) is 20.1. The van der Waals surface area contributed by atoms with E-state index in [9.17, 15) is 0 Å². The molecule has 4 heterocycles. The maximum atomic E-state index is 9.10. The van der Waals surface area contributed by atoms with Gasteiger partial charge >= 0.3 is 0 Å². The molecule has 2 saturated heterocycles. The summed E-state index contributed by atoms with van der Waals surface area (Å²) in [5.74, 6) is 2.56. The molecule has 0 aliphatic carbocycles. The number of aliphatic hydroxyl groups is 1. The summed E-state index contributed by atoms with van der Waals surface area (Å²) in [4.78, 5) is 22.4. The molecule has 2 N–H and O–H groups in total. The number of piperazine rings is 1. The van der Waals surface area contributed by atoms with Gasteiger partial charge in [0.1, 0.15) is 5.82 Å². The Morgan fingerprint density at radius 2 is 1.89 bits per heavy atom. The summed E-state index contributed by atoms with van der Waals surface area (Å²) in [5.41, 5.74) is 1.01. The van der Waals surface area contributed by atoms with Gasteiger partial charge in [-0.15, -0.1) is 0 Å². The van der Waals surface area contributed by atoms with E-state index < -0.39 is 0 Å². The van der Waals surface area contributed by atoms with Crippen molar-refractivity contribution in [2.75, 3.05) is 67.7 Å². The smallest absolute Gasteiger partial charge is 0.225 e. The van der Waals surface area contributed by atoms with Crippen LogP contribution in [0.15, 0.2) is 24.5 Å². The second-order valence-electron chi connectivity index (χ2n) is 6.71. The molecular formula is C18H25N7O2. The van der Waals surface area contributed by atoms with Crippen molar-refractivity contribution in [3.8, 4) is 0 Å². The predicted molar refractivity (Wildman–Crippen MR) is 102 cm³/mol. The van der Waals surface area contributed by atoms with Gasteiger partial charge in [-0.25, -0.2) is 15.0 Å². The molecule has 0 radical (unpaired) electrons. The highest BCUT2D eigenvalue weighted by molar-refractivity contribution is 5.47. The van der Waals surface area contributed by atoms with E-state index in [1.807, 2.05) is 6.07 Å². The second-order valence-corrected chi connectivity index (χ2v) is 6.71. The van der Waals surface area contributed by atoms with Crippen molar-refractivity contribution in [1.29, 1.82) is 0 Å². The molecule has 9 nitrogen and oxygen atoms in total. The van der Waals surface area contributed by atoms with Crippen LogP contribution in [0.5, 0.6) is 0 Å². The predicted octanol–water partition coefficient (Wildman–Crippen LogP) is 0.501. The summed E-state index contributed by atoms with van der Waals surface area (Å²) in [6, 6.07) is 3.91. The van der Waals surface area contributed by atoms with E-state index in [0.29, 0.717) is 25.0 Å². The van der Waals surface area contributed by atoms with Crippen molar-refractivity contribution >= 4 is 17.7 Å². The molecule has 2 fully saturated rings. The van der Waals surface area contributed by atoms with E-state index in [2.05, 4.69) is 41.1 Å². The molecule has 1 unspecified atom stereocenters. The molecule has 27 heavy (non-hydrogen) atoms. The zero-order chi connectivity index (χ0) is 18.5. The highest BCUT2D eigenvalue weighted by Crippen LogP contribution is 2.27. The van der Waals surface area contributed by atoms with Crippen molar-refractivity contribution in [3.63, 3.8) is 0 Å². The Balaban J connectivity index is 1.49. The van der Waals surface area contributed by atoms with Crippen LogP contribution in [0, 0.1) is 0 Å². The summed E-state index contributed by atoms with van der Waals surface area (Å²) >= 11 is 0. The Hall–Kier alpha value is -2.52. The van der Waals surface area contributed by atoms with E-state index in [1.165, 1.54) is 0 Å². The zero-order valence-corrected chi connectivity index (χ0v) is 15.3. The summed E-state index contributed by atoms with van der Waals surface area (Å²) in [6.45, 7) is 5.33. The molecule has 2 aromatic rings. The minimum atomic E-state index is 0.0468. The van der Waals surface area contributed by atoms with Gasteiger partial charge in [0.15, 0.2) is 0 Å². The van der Waals surface area contributed by atoms with Crippen LogP contribution in [0.4, 0.5) is 17.7 Å². The third-order valence-corrected chi connectivity index (χ3v) is 4.91. The molecule has 0 bridgehead atoms. The largest absolute Gasteiger partial charge is 0.395 e. The standard InChI is InChI=1S/C18H25N7O2/c26-10-5-19-17-22-15(14-2-11-27-13-14)12-16(23-17)24-6-8-25(9-7-24)18-20-3-1-4-21-18/h1,3-4,12,14,26H,2,5-11,13H2,(H,19,22,23). The number of hydrogen-bond donors (Lipinski definition) is 2. The van der Waals surface area contributed by atoms with Crippen LogP contribution < -0.4 is 15.1 Å². The van der Waals surface area contributed by atoms with Gasteiger partial charge in [0.25, 0.3) is 0 Å². The lowest BCUT2D eigenvalue weighted by Crippen LogP contribution is -2.47. The van der Waals surface area contributed by atoms with E-state index in [4.69, 9.17) is 9.84 Å². The first kappa shape index (κ1) is 17.9. The summed E-state index contributed by atoms with van der Waals surface area (Å²) in [6.07, 6.45) is 4.53. The molecule has 9 heteroatoms. The van der Waals surface area contributed by atoms with Gasteiger partial charge < -0.3 is 25.0 Å². The lowest BCUT2D eigenvalue weighted by Gasteiger charge is -2.35. The van der Waals surface area contributed by atoms with Gasteiger partial charge in [0.05, 0.1) is 18.9 Å². The van der Waals surface area contributed by atoms with Crippen LogP contribution >= 0.6 is 0 Å². The maximum Gasteiger partial charge on any atom is 0.225 e. The van der Waals surface area contributed by atoms with Crippen molar-refractivity contribution in [3.05, 3.63) is 30.2 Å². The number of aliphatic hydroxyl groups excluding tert-OH is 1. The van der Waals surface area contributed by atoms with Gasteiger partial charge in [0, 0.05) is 63.7 Å². The Labute approximate surface area is 158 Å². The first-order chi connectivity index (χ1) is 13.3. The van der Waals surface area contributed by atoms with Crippen LogP contribution in [0.3, 0.4) is 0 Å². The lowest BCUT2D eigenvalue weighted by molar-refractivity contribution is 0.193. The molecular weight excluding hydrogens is 346 g/mol. The highest BCUT2D eigenvalue weighted by atomic mass is 16.5. The van der Waals surface area contributed by atoms with Crippen molar-refractivity contribution < 1.29 is 9.84 Å². The average molecular weight is 371 g/mol. The second kappa shape index (κ2) is 8.45. The van der Waals surface area contributed by atoms with Crippen molar-refractivity contribution in [1.82, 2.24) is 19.9 Å². The van der Waals surface area contributed by atoms with Crippen LogP contribution in [-0.2, 0) is 4.74 Å². The van der Waals surface area contributed by atoms with E-state index in [-0.39, 0.29) is 6.61 Å². The average Bonchev–Trinajstić information content (AvgIpc) is 3.28. The summed E-state index contributed by atoms with van der Waals surface area (Å²) < 4.78 is 5.53. The molecule has 2 aliphatic heterocycles. The minimum absolute atomic E-state index is 0.0468. The molecule has 0 spiro atoms. The van der Waals surface area contributed by atoms with Crippen LogP contribution in [0.2, 0.25) is 0 Å². The summed E-state index contributed by atoms with van der Waals surface area (Å²) in [5, 5.41) is 12.2. The van der Waals surface area contributed by atoms with Gasteiger partial charge in [-0.2, -0.15) is 4.98 Å². The Kier molecular flexibility index (Phi) is 5.59.